The predicted molar refractivity (Wildman–Crippen MR) is 83.4 cm³/mol. The molecule has 0 spiro atoms. The summed E-state index contributed by atoms with van der Waals surface area (Å²) in [6.45, 7) is 2.72. The first-order valence-corrected chi connectivity index (χ1v) is 8.15. The highest BCUT2D eigenvalue weighted by Gasteiger charge is 2.18. The number of carbonyl (C=O) groups excluding carboxylic acids is 1. The van der Waals surface area contributed by atoms with Crippen LogP contribution in [0.4, 0.5) is 5.13 Å². The van der Waals surface area contributed by atoms with E-state index in [-0.39, 0.29) is 5.91 Å². The lowest BCUT2D eigenvalue weighted by molar-refractivity contribution is -0.896. The molecule has 0 unspecified atom stereocenters. The third-order valence-corrected chi connectivity index (χ3v) is 4.55. The van der Waals surface area contributed by atoms with E-state index in [0.717, 1.165) is 23.7 Å². The summed E-state index contributed by atoms with van der Waals surface area (Å²) in [4.78, 5) is 13.4. The first kappa shape index (κ1) is 14.2. The maximum absolute atomic E-state index is 12.0. The zero-order chi connectivity index (χ0) is 14.5. The van der Waals surface area contributed by atoms with Crippen LogP contribution in [0.5, 0.6) is 0 Å². The van der Waals surface area contributed by atoms with Crippen molar-refractivity contribution in [1.82, 2.24) is 10.2 Å². The van der Waals surface area contributed by atoms with Gasteiger partial charge in [0.05, 0.1) is 13.1 Å². The van der Waals surface area contributed by atoms with Gasteiger partial charge in [0.25, 0.3) is 5.91 Å². The Balaban J connectivity index is 1.58. The van der Waals surface area contributed by atoms with Crippen molar-refractivity contribution in [2.45, 2.75) is 19.3 Å². The number of quaternary nitrogens is 1. The third kappa shape index (κ3) is 3.86. The van der Waals surface area contributed by atoms with Gasteiger partial charge in [0.2, 0.25) is 5.13 Å². The van der Waals surface area contributed by atoms with Gasteiger partial charge in [0, 0.05) is 5.56 Å². The SMILES string of the molecule is O=C(C[NH+]1CCCCC1)Nc1nnc(-c2ccccc2)s1. The molecule has 2 N–H and O–H groups in total. The Kier molecular flexibility index (Phi) is 4.57. The largest absolute Gasteiger partial charge is 0.327 e. The Hall–Kier alpha value is -1.79. The topological polar surface area (TPSA) is 59.3 Å². The van der Waals surface area contributed by atoms with Crippen molar-refractivity contribution in [3.8, 4) is 10.6 Å². The summed E-state index contributed by atoms with van der Waals surface area (Å²) in [5.74, 6) is 0.0302. The van der Waals surface area contributed by atoms with E-state index >= 15 is 0 Å². The Labute approximate surface area is 128 Å². The number of piperidine rings is 1. The molecule has 0 atom stereocenters. The lowest BCUT2D eigenvalue weighted by Gasteiger charge is -2.22. The third-order valence-electron chi connectivity index (χ3n) is 3.66. The lowest BCUT2D eigenvalue weighted by atomic mass is 10.1. The van der Waals surface area contributed by atoms with E-state index < -0.39 is 0 Å². The van der Waals surface area contributed by atoms with Crippen LogP contribution in [0.1, 0.15) is 19.3 Å². The van der Waals surface area contributed by atoms with Gasteiger partial charge < -0.3 is 4.90 Å². The van der Waals surface area contributed by atoms with Gasteiger partial charge in [-0.25, -0.2) is 0 Å². The Morgan fingerprint density at radius 3 is 2.67 bits per heavy atom. The zero-order valence-corrected chi connectivity index (χ0v) is 12.7. The fraction of sp³-hybridized carbons (Fsp3) is 0.400. The van der Waals surface area contributed by atoms with Crippen LogP contribution >= 0.6 is 11.3 Å². The highest BCUT2D eigenvalue weighted by molar-refractivity contribution is 7.18. The molecule has 0 radical (unpaired) electrons. The van der Waals surface area contributed by atoms with E-state index in [0.29, 0.717) is 11.7 Å². The normalized spacial score (nSPS) is 15.8. The molecule has 1 fully saturated rings. The fourth-order valence-electron chi connectivity index (χ4n) is 2.59. The summed E-state index contributed by atoms with van der Waals surface area (Å²) in [6.07, 6.45) is 3.74. The van der Waals surface area contributed by atoms with Crippen molar-refractivity contribution in [3.05, 3.63) is 30.3 Å². The highest BCUT2D eigenvalue weighted by Crippen LogP contribution is 2.25. The maximum Gasteiger partial charge on any atom is 0.281 e. The van der Waals surface area contributed by atoms with Crippen LogP contribution in [0, 0.1) is 0 Å². The molecule has 6 heteroatoms. The smallest absolute Gasteiger partial charge is 0.281 e. The fourth-order valence-corrected chi connectivity index (χ4v) is 3.36. The second-order valence-corrected chi connectivity index (χ2v) is 6.29. The van der Waals surface area contributed by atoms with Gasteiger partial charge in [-0.2, -0.15) is 0 Å². The zero-order valence-electron chi connectivity index (χ0n) is 11.8. The molecule has 1 aliphatic rings. The monoisotopic (exact) mass is 303 g/mol. The number of benzene rings is 1. The van der Waals surface area contributed by atoms with Crippen LogP contribution in [-0.4, -0.2) is 35.7 Å². The average molecular weight is 303 g/mol. The highest BCUT2D eigenvalue weighted by atomic mass is 32.1. The van der Waals surface area contributed by atoms with Gasteiger partial charge in [0.1, 0.15) is 5.01 Å². The van der Waals surface area contributed by atoms with E-state index in [1.165, 1.54) is 35.5 Å². The van der Waals surface area contributed by atoms with Crippen LogP contribution in [0.25, 0.3) is 10.6 Å². The summed E-state index contributed by atoms with van der Waals surface area (Å²) >= 11 is 1.41. The second-order valence-electron chi connectivity index (χ2n) is 5.31. The first-order valence-electron chi connectivity index (χ1n) is 7.33. The molecule has 0 aliphatic carbocycles. The van der Waals surface area contributed by atoms with Gasteiger partial charge in [0.15, 0.2) is 6.54 Å². The van der Waals surface area contributed by atoms with Gasteiger partial charge in [-0.05, 0) is 19.3 Å². The number of likely N-dealkylation sites (tertiary alicyclic amines) is 1. The Bertz CT molecular complexity index is 593. The Morgan fingerprint density at radius 1 is 1.14 bits per heavy atom. The van der Waals surface area contributed by atoms with Crippen LogP contribution in [-0.2, 0) is 4.79 Å². The van der Waals surface area contributed by atoms with Gasteiger partial charge >= 0.3 is 0 Å². The van der Waals surface area contributed by atoms with Gasteiger partial charge in [-0.3, -0.25) is 10.1 Å². The minimum absolute atomic E-state index is 0.0302. The standard InChI is InChI=1S/C15H18N4OS/c20-13(11-19-9-5-2-6-10-19)16-15-18-17-14(21-15)12-7-3-1-4-8-12/h1,3-4,7-8H,2,5-6,9-11H2,(H,16,18,20)/p+1. The van der Waals surface area contributed by atoms with Crippen LogP contribution < -0.4 is 10.2 Å². The molecule has 1 aromatic heterocycles. The van der Waals surface area contributed by atoms with E-state index in [1.807, 2.05) is 30.3 Å². The van der Waals surface area contributed by atoms with Crippen molar-refractivity contribution >= 4 is 22.4 Å². The molecule has 21 heavy (non-hydrogen) atoms. The number of hydrogen-bond acceptors (Lipinski definition) is 4. The maximum atomic E-state index is 12.0. The van der Waals surface area contributed by atoms with Crippen LogP contribution in [0.15, 0.2) is 30.3 Å². The number of aromatic nitrogens is 2. The summed E-state index contributed by atoms with van der Waals surface area (Å²) < 4.78 is 0. The second kappa shape index (κ2) is 6.78. The molecular weight excluding hydrogens is 284 g/mol. The van der Waals surface area contributed by atoms with Gasteiger partial charge in [-0.15, -0.1) is 10.2 Å². The van der Waals surface area contributed by atoms with E-state index in [9.17, 15) is 4.79 Å². The van der Waals surface area contributed by atoms with Crippen LogP contribution in [0.2, 0.25) is 0 Å². The van der Waals surface area contributed by atoms with Gasteiger partial charge in [-0.1, -0.05) is 41.7 Å². The number of anilines is 1. The molecule has 1 aromatic carbocycles. The number of nitrogens with one attached hydrogen (secondary N) is 2. The quantitative estimate of drug-likeness (QED) is 0.892. The van der Waals surface area contributed by atoms with Crippen molar-refractivity contribution in [1.29, 1.82) is 0 Å². The molecule has 1 aliphatic heterocycles. The van der Waals surface area contributed by atoms with E-state index in [1.54, 1.807) is 0 Å². The summed E-state index contributed by atoms with van der Waals surface area (Å²) in [5, 5.41) is 12.5. The van der Waals surface area contributed by atoms with Crippen molar-refractivity contribution in [3.63, 3.8) is 0 Å². The molecular formula is C15H19N4OS+. The van der Waals surface area contributed by atoms with Crippen molar-refractivity contribution in [2.75, 3.05) is 25.0 Å². The number of carbonyl (C=O) groups is 1. The predicted octanol–water partition coefficient (Wildman–Crippen LogP) is 1.21. The Morgan fingerprint density at radius 2 is 1.90 bits per heavy atom. The first-order chi connectivity index (χ1) is 10.3. The van der Waals surface area contributed by atoms with Crippen molar-refractivity contribution in [2.24, 2.45) is 0 Å². The molecule has 3 rings (SSSR count). The minimum Gasteiger partial charge on any atom is -0.327 e. The molecule has 2 aromatic rings. The number of amides is 1. The molecule has 2 heterocycles. The minimum atomic E-state index is 0.0302. The summed E-state index contributed by atoms with van der Waals surface area (Å²) in [7, 11) is 0. The molecule has 0 bridgehead atoms. The van der Waals surface area contributed by atoms with E-state index in [2.05, 4.69) is 15.5 Å². The van der Waals surface area contributed by atoms with Crippen LogP contribution in [0.3, 0.4) is 0 Å². The molecule has 5 nitrogen and oxygen atoms in total. The molecule has 0 saturated carbocycles. The molecule has 1 saturated heterocycles. The number of nitrogens with zero attached hydrogens (tertiary/aromatic N) is 2. The summed E-state index contributed by atoms with van der Waals surface area (Å²) in [6, 6.07) is 9.88. The van der Waals surface area contributed by atoms with E-state index in [4.69, 9.17) is 0 Å². The molecule has 110 valence electrons. The average Bonchev–Trinajstić information content (AvgIpc) is 2.97. The van der Waals surface area contributed by atoms with Crippen molar-refractivity contribution < 1.29 is 9.69 Å². The number of hydrogen-bond donors (Lipinski definition) is 2. The number of rotatable bonds is 4. The lowest BCUT2D eigenvalue weighted by Crippen LogP contribution is -3.13. The summed E-state index contributed by atoms with van der Waals surface area (Å²) in [5.41, 5.74) is 1.03. The molecule has 1 amide bonds.